The van der Waals surface area contributed by atoms with Gasteiger partial charge in [0.15, 0.2) is 13.9 Å². The summed E-state index contributed by atoms with van der Waals surface area (Å²) in [5.74, 6) is 1.55. The van der Waals surface area contributed by atoms with Crippen LogP contribution in [-0.4, -0.2) is 32.2 Å². The Labute approximate surface area is 447 Å². The van der Waals surface area contributed by atoms with Crippen LogP contribution in [0.15, 0.2) is 285 Å². The van der Waals surface area contributed by atoms with E-state index in [1.165, 1.54) is 59.2 Å². The summed E-state index contributed by atoms with van der Waals surface area (Å²) in [6, 6.07) is 103. The minimum atomic E-state index is -2.57. The molecule has 14 aromatic rings. The number of para-hydroxylation sites is 4. The number of hydrogen-bond acceptors (Lipinski definition) is 3. The van der Waals surface area contributed by atoms with E-state index in [9.17, 15) is 0 Å². The molecule has 3 aromatic heterocycles. The van der Waals surface area contributed by atoms with Crippen molar-refractivity contribution >= 4 is 61.7 Å². The van der Waals surface area contributed by atoms with Crippen LogP contribution in [0.2, 0.25) is 0 Å². The molecule has 0 radical (unpaired) electrons. The molecule has 0 aliphatic carbocycles. The van der Waals surface area contributed by atoms with Gasteiger partial charge in [0.05, 0.1) is 33.5 Å². The number of benzene rings is 11. The molecule has 15 rings (SSSR count). The topological polar surface area (TPSA) is 48.5 Å². The number of aromatic nitrogens is 5. The van der Waals surface area contributed by atoms with Crippen molar-refractivity contribution in [1.82, 2.24) is 24.1 Å². The summed E-state index contributed by atoms with van der Waals surface area (Å²) >= 11 is 0. The van der Waals surface area contributed by atoms with Crippen LogP contribution in [0.1, 0.15) is 0 Å². The average molecular weight is 998 g/mol. The lowest BCUT2D eigenvalue weighted by atomic mass is 9.98. The highest BCUT2D eigenvalue weighted by Crippen LogP contribution is 2.37. The van der Waals surface area contributed by atoms with E-state index in [1.807, 2.05) is 12.1 Å². The zero-order chi connectivity index (χ0) is 50.9. The summed E-state index contributed by atoms with van der Waals surface area (Å²) in [4.78, 5) is 15.8. The van der Waals surface area contributed by atoms with Gasteiger partial charge in [-0.25, -0.2) is 15.0 Å². The summed E-state index contributed by atoms with van der Waals surface area (Å²) in [6.07, 6.45) is 0. The molecule has 0 fully saturated rings. The molecule has 0 spiro atoms. The summed E-state index contributed by atoms with van der Waals surface area (Å²) in [7, 11) is -2.57. The largest absolute Gasteiger partial charge is 0.309 e. The smallest absolute Gasteiger partial charge is 0.180 e. The van der Waals surface area contributed by atoms with Crippen LogP contribution >= 0.6 is 0 Å². The predicted molar refractivity (Wildman–Crippen MR) is 321 cm³/mol. The quantitative estimate of drug-likeness (QED) is 0.135. The van der Waals surface area contributed by atoms with Crippen molar-refractivity contribution in [2.75, 3.05) is 0 Å². The van der Waals surface area contributed by atoms with Gasteiger partial charge in [-0.1, -0.05) is 212 Å². The first-order valence-electron chi connectivity index (χ1n) is 26.3. The van der Waals surface area contributed by atoms with E-state index in [1.54, 1.807) is 0 Å². The highest BCUT2D eigenvalue weighted by Gasteiger charge is 2.48. The third-order valence-corrected chi connectivity index (χ3v) is 20.6. The van der Waals surface area contributed by atoms with Crippen molar-refractivity contribution in [2.24, 2.45) is 0 Å². The summed E-state index contributed by atoms with van der Waals surface area (Å²) in [6.45, 7) is 0. The van der Waals surface area contributed by atoms with Gasteiger partial charge in [0.2, 0.25) is 0 Å². The highest BCUT2D eigenvalue weighted by atomic mass is 28.3. The Hall–Kier alpha value is -10.0. The lowest BCUT2D eigenvalue weighted by Crippen LogP contribution is -2.72. The molecule has 11 aromatic carbocycles. The van der Waals surface area contributed by atoms with Crippen molar-refractivity contribution < 1.29 is 0 Å². The number of fused-ring (bicyclic) bond motifs is 7. The summed E-state index contributed by atoms with van der Waals surface area (Å²) < 4.78 is 4.59. The Balaban J connectivity index is 0.829. The van der Waals surface area contributed by atoms with E-state index in [-0.39, 0.29) is 0 Å². The van der Waals surface area contributed by atoms with Crippen LogP contribution in [-0.2, 0) is 0 Å². The Morgan fingerprint density at radius 2 is 0.753 bits per heavy atom. The molecule has 360 valence electrons. The number of imidazole rings is 1. The number of nitrogens with zero attached hydrogens (tertiary/aromatic N) is 5. The average Bonchev–Trinajstić information content (AvgIpc) is 4.22. The maximum atomic E-state index is 5.35. The maximum absolute atomic E-state index is 5.35. The van der Waals surface area contributed by atoms with Gasteiger partial charge < -0.3 is 4.57 Å². The van der Waals surface area contributed by atoms with E-state index >= 15 is 0 Å². The number of rotatable bonds is 9. The molecule has 5 nitrogen and oxygen atoms in total. The van der Waals surface area contributed by atoms with Crippen LogP contribution in [0.3, 0.4) is 0 Å². The lowest BCUT2D eigenvalue weighted by Gasteiger charge is -2.31. The molecule has 0 saturated carbocycles. The van der Waals surface area contributed by atoms with E-state index in [2.05, 4.69) is 282 Å². The minimum Gasteiger partial charge on any atom is -0.309 e. The van der Waals surface area contributed by atoms with Crippen LogP contribution in [0.4, 0.5) is 0 Å². The molecule has 0 bridgehead atoms. The van der Waals surface area contributed by atoms with Crippen LogP contribution in [0.5, 0.6) is 0 Å². The van der Waals surface area contributed by atoms with Gasteiger partial charge in [-0.2, -0.15) is 0 Å². The fourth-order valence-electron chi connectivity index (χ4n) is 12.1. The van der Waals surface area contributed by atoms with Crippen molar-refractivity contribution in [2.45, 2.75) is 0 Å². The van der Waals surface area contributed by atoms with E-state index in [4.69, 9.17) is 15.0 Å². The normalized spacial score (nSPS) is 12.5. The zero-order valence-electron chi connectivity index (χ0n) is 41.9. The fourth-order valence-corrected chi connectivity index (χ4v) is 17.3. The second kappa shape index (κ2) is 18.1. The maximum Gasteiger partial charge on any atom is 0.180 e. The van der Waals surface area contributed by atoms with Gasteiger partial charge >= 0.3 is 0 Å². The molecule has 0 N–H and O–H groups in total. The van der Waals surface area contributed by atoms with Gasteiger partial charge in [-0.15, -0.1) is 0 Å². The van der Waals surface area contributed by atoms with Crippen molar-refractivity contribution in [3.05, 3.63) is 285 Å². The standard InChI is InChI=1S/C71H47N5Si/c1-4-18-52(19-5-1)71-74-62-27-13-16-30-67(62)76(71)55-43-38-51(39-44-55)70-72-63(47-64(73-70)50-36-41-54(42-37-50)75-65-28-14-10-24-58(65)59-25-11-15-29-66(59)75)49-34-32-48(33-35-49)53-40-45-69-61(46-53)60-26-12-17-31-68(60)77(69,56-20-6-2-7-21-56)57-22-8-3-9-23-57/h1-47H. The third kappa shape index (κ3) is 7.25. The van der Waals surface area contributed by atoms with Gasteiger partial charge in [-0.3, -0.25) is 4.57 Å². The Morgan fingerprint density at radius 3 is 1.39 bits per heavy atom. The molecule has 6 heteroatoms. The second-order valence-electron chi connectivity index (χ2n) is 19.9. The first-order chi connectivity index (χ1) is 38.2. The lowest BCUT2D eigenvalue weighted by molar-refractivity contribution is 1.10. The Bertz CT molecular complexity index is 4430. The minimum absolute atomic E-state index is 0.653. The molecule has 1 aliphatic heterocycles. The Kier molecular flexibility index (Phi) is 10.5. The van der Waals surface area contributed by atoms with Gasteiger partial charge in [0.25, 0.3) is 0 Å². The molecule has 0 amide bonds. The van der Waals surface area contributed by atoms with Crippen LogP contribution in [0, 0.1) is 0 Å². The SMILES string of the molecule is c1ccc(-c2nc3ccccc3n2-c2ccc(-c3nc(-c4ccc(-c5ccc6c(c5)-c5ccccc5[Si]6(c5ccccc5)c5ccccc5)cc4)cc(-c4ccc(-n5c6ccccc6c6ccccc65)cc4)n3)cc2)cc1. The van der Waals surface area contributed by atoms with Crippen molar-refractivity contribution in [1.29, 1.82) is 0 Å². The molecular formula is C71H47N5Si. The summed E-state index contributed by atoms with van der Waals surface area (Å²) in [5, 5.41) is 8.16. The summed E-state index contributed by atoms with van der Waals surface area (Å²) in [5.41, 5.74) is 17.1. The fraction of sp³-hybridized carbons (Fsp3) is 0. The van der Waals surface area contributed by atoms with E-state index in [0.717, 1.165) is 67.4 Å². The molecule has 0 saturated heterocycles. The van der Waals surface area contributed by atoms with Crippen molar-refractivity contribution in [3.63, 3.8) is 0 Å². The third-order valence-electron chi connectivity index (χ3n) is 15.7. The van der Waals surface area contributed by atoms with Crippen LogP contribution < -0.4 is 20.7 Å². The van der Waals surface area contributed by atoms with Gasteiger partial charge in [0, 0.05) is 44.4 Å². The molecule has 1 aliphatic rings. The molecule has 77 heavy (non-hydrogen) atoms. The zero-order valence-corrected chi connectivity index (χ0v) is 42.9. The van der Waals surface area contributed by atoms with E-state index in [0.29, 0.717) is 5.82 Å². The predicted octanol–water partition coefficient (Wildman–Crippen LogP) is 14.6. The second-order valence-corrected chi connectivity index (χ2v) is 23.6. The monoisotopic (exact) mass is 997 g/mol. The van der Waals surface area contributed by atoms with E-state index < -0.39 is 8.07 Å². The molecule has 0 unspecified atom stereocenters. The van der Waals surface area contributed by atoms with Crippen molar-refractivity contribution in [3.8, 4) is 78.9 Å². The molecular weight excluding hydrogens is 951 g/mol. The molecule has 4 heterocycles. The van der Waals surface area contributed by atoms with Crippen LogP contribution in [0.25, 0.3) is 112 Å². The highest BCUT2D eigenvalue weighted by molar-refractivity contribution is 7.22. The Morgan fingerprint density at radius 1 is 0.286 bits per heavy atom. The van der Waals surface area contributed by atoms with Gasteiger partial charge in [-0.05, 0) is 116 Å². The number of hydrogen-bond donors (Lipinski definition) is 0. The van der Waals surface area contributed by atoms with Gasteiger partial charge in [0.1, 0.15) is 5.82 Å². The molecule has 0 atom stereocenters. The first-order valence-corrected chi connectivity index (χ1v) is 28.3. The first kappa shape index (κ1) is 44.5.